The fraction of sp³-hybridized carbons (Fsp3) is 0.600. The summed E-state index contributed by atoms with van der Waals surface area (Å²) in [5.74, 6) is 0.0242. The summed E-state index contributed by atoms with van der Waals surface area (Å²) in [5.41, 5.74) is 0.806. The molecule has 1 fully saturated rings. The zero-order valence-corrected chi connectivity index (χ0v) is 13.1. The lowest BCUT2D eigenvalue weighted by atomic mass is 9.76. The van der Waals surface area contributed by atoms with Crippen molar-refractivity contribution in [1.29, 1.82) is 0 Å². The topological polar surface area (TPSA) is 43.4 Å². The largest absolute Gasteiger partial charge is 0.376 e. The molecular weight excluding hydrogens is 296 g/mol. The van der Waals surface area contributed by atoms with Crippen molar-refractivity contribution in [2.24, 2.45) is 5.41 Å². The van der Waals surface area contributed by atoms with Gasteiger partial charge in [-0.25, -0.2) is 8.42 Å². The summed E-state index contributed by atoms with van der Waals surface area (Å²) in [6.45, 7) is 0.985. The van der Waals surface area contributed by atoms with Gasteiger partial charge in [-0.05, 0) is 18.4 Å². The van der Waals surface area contributed by atoms with E-state index in [9.17, 15) is 8.42 Å². The Hall–Kier alpha value is -0.580. The second-order valence-electron chi connectivity index (χ2n) is 5.72. The van der Waals surface area contributed by atoms with Gasteiger partial charge in [-0.1, -0.05) is 49.6 Å². The van der Waals surface area contributed by atoms with Gasteiger partial charge in [0.15, 0.2) is 0 Å². The third kappa shape index (κ3) is 5.08. The SMILES string of the molecule is O=S(=O)(Cl)CC1(COCc2ccccc2)CCCCC1. The molecule has 0 N–H and O–H groups in total. The molecule has 1 aliphatic rings. The highest BCUT2D eigenvalue weighted by molar-refractivity contribution is 8.13. The van der Waals surface area contributed by atoms with E-state index in [1.807, 2.05) is 30.3 Å². The van der Waals surface area contributed by atoms with Crippen LogP contribution in [0.5, 0.6) is 0 Å². The number of halogens is 1. The predicted molar refractivity (Wildman–Crippen MR) is 81.3 cm³/mol. The fourth-order valence-electron chi connectivity index (χ4n) is 2.96. The standard InChI is InChI=1S/C15H21ClO3S/c16-20(17,18)13-15(9-5-2-6-10-15)12-19-11-14-7-3-1-4-8-14/h1,3-4,7-8H,2,5-6,9-13H2. The Kier molecular flexibility index (Phi) is 5.47. The molecule has 0 radical (unpaired) electrons. The fourth-order valence-corrected chi connectivity index (χ4v) is 4.76. The molecule has 0 unspecified atom stereocenters. The molecule has 1 saturated carbocycles. The van der Waals surface area contributed by atoms with E-state index in [4.69, 9.17) is 15.4 Å². The second kappa shape index (κ2) is 6.92. The van der Waals surface area contributed by atoms with Crippen LogP contribution in [0.25, 0.3) is 0 Å². The first-order valence-electron chi connectivity index (χ1n) is 7.03. The summed E-state index contributed by atoms with van der Waals surface area (Å²) in [6.07, 6.45) is 5.05. The smallest absolute Gasteiger partial charge is 0.233 e. The second-order valence-corrected chi connectivity index (χ2v) is 8.50. The van der Waals surface area contributed by atoms with Gasteiger partial charge >= 0.3 is 0 Å². The maximum atomic E-state index is 11.4. The molecule has 1 aliphatic carbocycles. The zero-order valence-electron chi connectivity index (χ0n) is 11.6. The molecule has 0 saturated heterocycles. The summed E-state index contributed by atoms with van der Waals surface area (Å²) >= 11 is 0. The van der Waals surface area contributed by atoms with Crippen molar-refractivity contribution in [1.82, 2.24) is 0 Å². The van der Waals surface area contributed by atoms with Crippen molar-refractivity contribution in [2.45, 2.75) is 38.7 Å². The van der Waals surface area contributed by atoms with Crippen LogP contribution in [0.15, 0.2) is 30.3 Å². The molecule has 0 atom stereocenters. The van der Waals surface area contributed by atoms with Crippen LogP contribution in [0.4, 0.5) is 0 Å². The first-order chi connectivity index (χ1) is 9.49. The molecule has 0 aliphatic heterocycles. The van der Waals surface area contributed by atoms with Crippen LogP contribution in [0, 0.1) is 5.41 Å². The van der Waals surface area contributed by atoms with Gasteiger partial charge in [0.25, 0.3) is 0 Å². The van der Waals surface area contributed by atoms with Gasteiger partial charge in [-0.3, -0.25) is 0 Å². The minimum absolute atomic E-state index is 0.0242. The van der Waals surface area contributed by atoms with E-state index >= 15 is 0 Å². The highest BCUT2D eigenvalue weighted by Crippen LogP contribution is 2.38. The molecule has 0 spiro atoms. The summed E-state index contributed by atoms with van der Waals surface area (Å²) in [5, 5.41) is 0. The highest BCUT2D eigenvalue weighted by atomic mass is 35.7. The van der Waals surface area contributed by atoms with Crippen LogP contribution >= 0.6 is 10.7 Å². The molecule has 0 heterocycles. The monoisotopic (exact) mass is 316 g/mol. The van der Waals surface area contributed by atoms with Crippen molar-refractivity contribution in [3.63, 3.8) is 0 Å². The van der Waals surface area contributed by atoms with Gasteiger partial charge in [0.1, 0.15) is 0 Å². The van der Waals surface area contributed by atoms with Gasteiger partial charge in [0, 0.05) is 16.1 Å². The minimum atomic E-state index is -3.49. The molecule has 5 heteroatoms. The molecule has 112 valence electrons. The third-order valence-corrected chi connectivity index (χ3v) is 5.20. The Morgan fingerprint density at radius 2 is 1.75 bits per heavy atom. The van der Waals surface area contributed by atoms with Crippen LogP contribution in [0.1, 0.15) is 37.7 Å². The summed E-state index contributed by atoms with van der Waals surface area (Å²) in [4.78, 5) is 0. The van der Waals surface area contributed by atoms with Crippen molar-refractivity contribution in [3.05, 3.63) is 35.9 Å². The molecule has 1 aromatic rings. The Labute approximate surface area is 125 Å². The molecule has 2 rings (SSSR count). The van der Waals surface area contributed by atoms with Crippen LogP contribution in [-0.4, -0.2) is 20.8 Å². The zero-order chi connectivity index (χ0) is 14.5. The lowest BCUT2D eigenvalue weighted by Gasteiger charge is -2.36. The molecule has 20 heavy (non-hydrogen) atoms. The van der Waals surface area contributed by atoms with E-state index in [1.54, 1.807) is 0 Å². The average molecular weight is 317 g/mol. The van der Waals surface area contributed by atoms with E-state index in [0.29, 0.717) is 13.2 Å². The number of ether oxygens (including phenoxy) is 1. The number of benzene rings is 1. The van der Waals surface area contributed by atoms with Crippen molar-refractivity contribution >= 4 is 19.7 Å². The van der Waals surface area contributed by atoms with E-state index in [-0.39, 0.29) is 11.2 Å². The minimum Gasteiger partial charge on any atom is -0.376 e. The number of hydrogen-bond donors (Lipinski definition) is 0. The summed E-state index contributed by atoms with van der Waals surface area (Å²) in [7, 11) is 1.98. The van der Waals surface area contributed by atoms with E-state index in [0.717, 1.165) is 31.2 Å². The molecule has 0 bridgehead atoms. The Bertz CT molecular complexity index is 507. The van der Waals surface area contributed by atoms with E-state index in [2.05, 4.69) is 0 Å². The van der Waals surface area contributed by atoms with Crippen molar-refractivity contribution < 1.29 is 13.2 Å². The van der Waals surface area contributed by atoms with Gasteiger partial charge in [0.2, 0.25) is 9.05 Å². The van der Waals surface area contributed by atoms with Gasteiger partial charge in [-0.15, -0.1) is 0 Å². The molecule has 0 amide bonds. The van der Waals surface area contributed by atoms with Gasteiger partial charge < -0.3 is 4.74 Å². The lowest BCUT2D eigenvalue weighted by molar-refractivity contribution is 0.0242. The maximum Gasteiger partial charge on any atom is 0.233 e. The third-order valence-electron chi connectivity index (χ3n) is 3.91. The van der Waals surface area contributed by atoms with E-state index in [1.165, 1.54) is 6.42 Å². The normalized spacial score (nSPS) is 18.9. The number of hydrogen-bond acceptors (Lipinski definition) is 3. The van der Waals surface area contributed by atoms with Crippen LogP contribution in [0.2, 0.25) is 0 Å². The quantitative estimate of drug-likeness (QED) is 0.751. The van der Waals surface area contributed by atoms with Crippen molar-refractivity contribution in [3.8, 4) is 0 Å². The highest BCUT2D eigenvalue weighted by Gasteiger charge is 2.36. The van der Waals surface area contributed by atoms with Gasteiger partial charge in [-0.2, -0.15) is 0 Å². The Morgan fingerprint density at radius 1 is 1.10 bits per heavy atom. The first kappa shape index (κ1) is 15.8. The maximum absolute atomic E-state index is 11.4. The van der Waals surface area contributed by atoms with Crippen LogP contribution in [0.3, 0.4) is 0 Å². The van der Waals surface area contributed by atoms with E-state index < -0.39 is 9.05 Å². The average Bonchev–Trinajstić information content (AvgIpc) is 2.39. The van der Waals surface area contributed by atoms with Gasteiger partial charge in [0.05, 0.1) is 19.0 Å². The Balaban J connectivity index is 1.94. The Morgan fingerprint density at radius 3 is 2.35 bits per heavy atom. The number of rotatable bonds is 6. The summed E-state index contributed by atoms with van der Waals surface area (Å²) < 4.78 is 28.7. The predicted octanol–water partition coefficient (Wildman–Crippen LogP) is 3.72. The molecule has 0 aromatic heterocycles. The van der Waals surface area contributed by atoms with Crippen molar-refractivity contribution in [2.75, 3.05) is 12.4 Å². The molecular formula is C15H21ClO3S. The van der Waals surface area contributed by atoms with Crippen LogP contribution < -0.4 is 0 Å². The first-order valence-corrected chi connectivity index (χ1v) is 9.51. The van der Waals surface area contributed by atoms with Crippen LogP contribution in [-0.2, 0) is 20.4 Å². The lowest BCUT2D eigenvalue weighted by Crippen LogP contribution is -2.35. The molecule has 1 aromatic carbocycles. The summed E-state index contributed by atoms with van der Waals surface area (Å²) in [6, 6.07) is 9.92. The molecule has 3 nitrogen and oxygen atoms in total.